The van der Waals surface area contributed by atoms with Crippen LogP contribution in [0, 0.1) is 23.7 Å². The lowest BCUT2D eigenvalue weighted by Crippen LogP contribution is -2.55. The molecular weight excluding hydrogens is 843 g/mol. The fraction of sp³-hybridized carbons (Fsp3) is 0.217. The average Bonchev–Trinajstić information content (AvgIpc) is 3.94. The molecule has 1 nitrogen and oxygen atoms in total. The molecule has 1 heteroatoms. The number of hydrogen-bond donors (Lipinski definition) is 0. The van der Waals surface area contributed by atoms with E-state index in [4.69, 9.17) is 0 Å². The van der Waals surface area contributed by atoms with Crippen LogP contribution in [0.15, 0.2) is 206 Å². The molecule has 4 bridgehead atoms. The minimum atomic E-state index is -0.243. The lowest BCUT2D eigenvalue weighted by atomic mass is 9.43. The summed E-state index contributed by atoms with van der Waals surface area (Å²) in [5, 5.41) is 0. The monoisotopic (exact) mass is 899 g/mol. The van der Waals surface area contributed by atoms with Gasteiger partial charge in [0.15, 0.2) is 0 Å². The Balaban J connectivity index is 0.861. The van der Waals surface area contributed by atoms with Crippen molar-refractivity contribution in [1.82, 2.24) is 0 Å². The highest BCUT2D eigenvalue weighted by Crippen LogP contribution is 2.70. The smallest absolute Gasteiger partial charge is 0.0465 e. The van der Waals surface area contributed by atoms with Crippen LogP contribution >= 0.6 is 0 Å². The van der Waals surface area contributed by atoms with Crippen LogP contribution < -0.4 is 4.90 Å². The molecule has 1 unspecified atom stereocenters. The van der Waals surface area contributed by atoms with E-state index in [2.05, 4.69) is 232 Å². The first-order chi connectivity index (χ1) is 34.3. The Bertz CT molecular complexity index is 3560. The van der Waals surface area contributed by atoms with E-state index in [9.17, 15) is 0 Å². The molecule has 1 spiro atoms. The fourth-order valence-electron chi connectivity index (χ4n) is 16.2. The van der Waals surface area contributed by atoms with Gasteiger partial charge in [-0.3, -0.25) is 0 Å². The third kappa shape index (κ3) is 5.44. The Hall–Kier alpha value is -7.22. The van der Waals surface area contributed by atoms with E-state index in [1.165, 1.54) is 133 Å². The van der Waals surface area contributed by atoms with Gasteiger partial charge in [-0.1, -0.05) is 178 Å². The molecule has 0 saturated heterocycles. The standard InChI is InChI=1S/C69H57N/c1-67(2)61-21-10-7-18-57(61)60-20-13-19-54(66(60)67)46-26-31-52(32-27-46)70(53-33-35-59-56-17-9-12-23-63(56)69(65(59)42-53)49-37-43-36-44(39-49)40-50(69)38-43)51-29-24-45(25-30-51)47-28-34-58-55-16-8-11-22-62(55)68(3,64(58)41-47)48-14-5-4-6-15-48/h4-35,41-44,49-50H,36-40H2,1-3H3. The minimum Gasteiger partial charge on any atom is -0.310 e. The molecule has 16 rings (SSSR count). The van der Waals surface area contributed by atoms with Crippen LogP contribution in [0.4, 0.5) is 17.1 Å². The molecule has 338 valence electrons. The van der Waals surface area contributed by atoms with Crippen LogP contribution in [-0.4, -0.2) is 0 Å². The lowest BCUT2D eigenvalue weighted by molar-refractivity contribution is -0.0399. The quantitative estimate of drug-likeness (QED) is 0.161. The maximum absolute atomic E-state index is 2.64. The Labute approximate surface area is 413 Å². The van der Waals surface area contributed by atoms with Gasteiger partial charge in [-0.25, -0.2) is 0 Å². The molecule has 0 heterocycles. The van der Waals surface area contributed by atoms with Crippen LogP contribution in [-0.2, 0) is 16.2 Å². The summed E-state index contributed by atoms with van der Waals surface area (Å²) < 4.78 is 0. The Morgan fingerprint density at radius 1 is 0.343 bits per heavy atom. The van der Waals surface area contributed by atoms with E-state index in [1.807, 2.05) is 0 Å². The normalized spacial score (nSPS) is 24.2. The Morgan fingerprint density at radius 2 is 0.829 bits per heavy atom. The zero-order valence-corrected chi connectivity index (χ0v) is 40.4. The van der Waals surface area contributed by atoms with Crippen LogP contribution in [0.5, 0.6) is 0 Å². The first kappa shape index (κ1) is 40.6. The number of benzene rings is 9. The number of hydrogen-bond acceptors (Lipinski definition) is 1. The molecular formula is C69H57N. The van der Waals surface area contributed by atoms with Crippen molar-refractivity contribution in [2.45, 2.75) is 69.1 Å². The highest BCUT2D eigenvalue weighted by molar-refractivity contribution is 5.91. The lowest BCUT2D eigenvalue weighted by Gasteiger charge is -2.61. The Kier molecular flexibility index (Phi) is 8.51. The topological polar surface area (TPSA) is 3.24 Å². The molecule has 4 saturated carbocycles. The molecule has 9 aromatic rings. The SMILES string of the molecule is CC1(C)c2ccccc2-c2cccc(-c3ccc(N(c4ccc(-c5ccc6c(c5)C(C)(c5ccccc5)c5ccccc5-6)cc4)c4ccc5c(c4)C4(c6ccccc6-5)C5CC6CC(C5)CC4C6)cc3)c21. The van der Waals surface area contributed by atoms with Crippen molar-refractivity contribution >= 4 is 17.1 Å². The van der Waals surface area contributed by atoms with Crippen LogP contribution in [0.2, 0.25) is 0 Å². The summed E-state index contributed by atoms with van der Waals surface area (Å²) >= 11 is 0. The maximum atomic E-state index is 2.64. The molecule has 4 fully saturated rings. The molecule has 0 radical (unpaired) electrons. The third-order valence-electron chi connectivity index (χ3n) is 18.9. The molecule has 70 heavy (non-hydrogen) atoms. The van der Waals surface area contributed by atoms with E-state index in [0.717, 1.165) is 11.8 Å². The summed E-state index contributed by atoms with van der Waals surface area (Å²) in [6.45, 7) is 7.20. The zero-order valence-electron chi connectivity index (χ0n) is 40.4. The molecule has 7 aliphatic carbocycles. The van der Waals surface area contributed by atoms with Gasteiger partial charge in [-0.2, -0.15) is 0 Å². The zero-order chi connectivity index (χ0) is 46.5. The average molecular weight is 900 g/mol. The summed E-state index contributed by atoms with van der Waals surface area (Å²) in [6, 6.07) is 79.1. The van der Waals surface area contributed by atoms with Crippen molar-refractivity contribution in [3.05, 3.63) is 245 Å². The molecule has 0 aliphatic heterocycles. The van der Waals surface area contributed by atoms with Gasteiger partial charge < -0.3 is 4.90 Å². The van der Waals surface area contributed by atoms with Crippen molar-refractivity contribution in [2.24, 2.45) is 23.7 Å². The Morgan fingerprint density at radius 3 is 1.51 bits per heavy atom. The van der Waals surface area contributed by atoms with Crippen molar-refractivity contribution in [2.75, 3.05) is 4.90 Å². The van der Waals surface area contributed by atoms with Crippen molar-refractivity contribution in [3.8, 4) is 55.6 Å². The highest BCUT2D eigenvalue weighted by atomic mass is 15.1. The summed E-state index contributed by atoms with van der Waals surface area (Å²) in [4.78, 5) is 2.54. The first-order valence-electron chi connectivity index (χ1n) is 26.1. The second kappa shape index (κ2) is 14.7. The molecule has 0 amide bonds. The van der Waals surface area contributed by atoms with Gasteiger partial charge in [0.2, 0.25) is 0 Å². The van der Waals surface area contributed by atoms with E-state index in [0.29, 0.717) is 11.8 Å². The van der Waals surface area contributed by atoms with Gasteiger partial charge in [0.1, 0.15) is 0 Å². The molecule has 1 atom stereocenters. The predicted molar refractivity (Wildman–Crippen MR) is 290 cm³/mol. The van der Waals surface area contributed by atoms with Gasteiger partial charge >= 0.3 is 0 Å². The fourth-order valence-corrected chi connectivity index (χ4v) is 16.2. The second-order valence-electron chi connectivity index (χ2n) is 22.6. The van der Waals surface area contributed by atoms with Gasteiger partial charge in [-0.05, 0) is 200 Å². The van der Waals surface area contributed by atoms with Crippen LogP contribution in [0.1, 0.15) is 91.8 Å². The largest absolute Gasteiger partial charge is 0.310 e. The van der Waals surface area contributed by atoms with E-state index in [1.54, 1.807) is 11.1 Å². The summed E-state index contributed by atoms with van der Waals surface area (Å²) in [5.74, 6) is 3.22. The second-order valence-corrected chi connectivity index (χ2v) is 22.6. The van der Waals surface area contributed by atoms with E-state index in [-0.39, 0.29) is 16.2 Å². The summed E-state index contributed by atoms with van der Waals surface area (Å²) in [7, 11) is 0. The van der Waals surface area contributed by atoms with Gasteiger partial charge in [0, 0.05) is 33.3 Å². The number of nitrogens with zero attached hydrogens (tertiary/aromatic N) is 1. The van der Waals surface area contributed by atoms with Gasteiger partial charge in [0.05, 0.1) is 0 Å². The van der Waals surface area contributed by atoms with Gasteiger partial charge in [-0.15, -0.1) is 0 Å². The van der Waals surface area contributed by atoms with Crippen molar-refractivity contribution in [3.63, 3.8) is 0 Å². The molecule has 9 aromatic carbocycles. The number of anilines is 3. The molecule has 0 aromatic heterocycles. The minimum absolute atomic E-state index is 0.0895. The van der Waals surface area contributed by atoms with Crippen LogP contribution in [0.3, 0.4) is 0 Å². The summed E-state index contributed by atoms with van der Waals surface area (Å²) in [5.41, 5.74) is 26.8. The maximum Gasteiger partial charge on any atom is 0.0465 e. The molecule has 0 N–H and O–H groups in total. The highest BCUT2D eigenvalue weighted by Gasteiger charge is 2.61. The van der Waals surface area contributed by atoms with E-state index < -0.39 is 0 Å². The first-order valence-corrected chi connectivity index (χ1v) is 26.1. The molecule has 7 aliphatic rings. The number of fused-ring (bicyclic) bond motifs is 9. The van der Waals surface area contributed by atoms with Crippen molar-refractivity contribution < 1.29 is 0 Å². The number of rotatable bonds is 6. The predicted octanol–water partition coefficient (Wildman–Crippen LogP) is 17.9. The van der Waals surface area contributed by atoms with Crippen LogP contribution in [0.25, 0.3) is 55.6 Å². The van der Waals surface area contributed by atoms with E-state index >= 15 is 0 Å². The third-order valence-corrected chi connectivity index (χ3v) is 18.9. The summed E-state index contributed by atoms with van der Waals surface area (Å²) in [6.07, 6.45) is 6.97. The van der Waals surface area contributed by atoms with Crippen molar-refractivity contribution in [1.29, 1.82) is 0 Å². The van der Waals surface area contributed by atoms with Gasteiger partial charge in [0.25, 0.3) is 0 Å².